The molecule has 1 amide bonds. The van der Waals surface area contributed by atoms with Crippen molar-refractivity contribution in [1.82, 2.24) is 10.3 Å². The van der Waals surface area contributed by atoms with Gasteiger partial charge in [0.2, 0.25) is 0 Å². The van der Waals surface area contributed by atoms with E-state index < -0.39 is 12.1 Å². The SMILES string of the molecule is CO[C@H](CO)[C@@H](Cc1ccccn1)NC(=O)c1ccccc1C1=NCC(c2ccc(F)cc2)=C1C. The molecule has 0 spiro atoms. The summed E-state index contributed by atoms with van der Waals surface area (Å²) in [6.45, 7) is 2.18. The molecular formula is C28H28FN3O3. The van der Waals surface area contributed by atoms with Crippen molar-refractivity contribution in [3.05, 3.63) is 107 Å². The fraction of sp³-hybridized carbons (Fsp3) is 0.250. The number of benzene rings is 2. The molecular weight excluding hydrogens is 445 g/mol. The van der Waals surface area contributed by atoms with Crippen molar-refractivity contribution in [3.63, 3.8) is 0 Å². The van der Waals surface area contributed by atoms with Gasteiger partial charge in [0.05, 0.1) is 24.9 Å². The first-order valence-corrected chi connectivity index (χ1v) is 11.5. The summed E-state index contributed by atoms with van der Waals surface area (Å²) in [7, 11) is 1.50. The Hall–Kier alpha value is -3.68. The molecule has 6 nitrogen and oxygen atoms in total. The lowest BCUT2D eigenvalue weighted by molar-refractivity contribution is 0.0214. The fourth-order valence-corrected chi connectivity index (χ4v) is 4.30. The van der Waals surface area contributed by atoms with Gasteiger partial charge in [-0.15, -0.1) is 0 Å². The first-order chi connectivity index (χ1) is 17.0. The van der Waals surface area contributed by atoms with Crippen molar-refractivity contribution < 1.29 is 19.0 Å². The van der Waals surface area contributed by atoms with E-state index in [1.54, 1.807) is 24.4 Å². The van der Waals surface area contributed by atoms with Crippen LogP contribution in [0.25, 0.3) is 5.57 Å². The molecule has 1 aromatic heterocycles. The maximum atomic E-state index is 13.5. The van der Waals surface area contributed by atoms with Gasteiger partial charge in [-0.25, -0.2) is 4.39 Å². The van der Waals surface area contributed by atoms with Crippen LogP contribution in [0.5, 0.6) is 0 Å². The van der Waals surface area contributed by atoms with Gasteiger partial charge in [-0.3, -0.25) is 14.8 Å². The number of carbonyl (C=O) groups is 1. The number of pyridine rings is 1. The molecule has 0 unspecified atom stereocenters. The summed E-state index contributed by atoms with van der Waals surface area (Å²) >= 11 is 0. The minimum Gasteiger partial charge on any atom is -0.394 e. The van der Waals surface area contributed by atoms with E-state index in [1.165, 1.54) is 19.2 Å². The van der Waals surface area contributed by atoms with Gasteiger partial charge >= 0.3 is 0 Å². The summed E-state index contributed by atoms with van der Waals surface area (Å²) in [4.78, 5) is 22.5. The quantitative estimate of drug-likeness (QED) is 0.495. The number of aromatic nitrogens is 1. The predicted octanol–water partition coefficient (Wildman–Crippen LogP) is 3.85. The third-order valence-electron chi connectivity index (χ3n) is 6.23. The lowest BCUT2D eigenvalue weighted by atomic mass is 9.94. The van der Waals surface area contributed by atoms with Crippen LogP contribution in [0, 0.1) is 5.82 Å². The second-order valence-electron chi connectivity index (χ2n) is 8.38. The number of nitrogens with zero attached hydrogens (tertiary/aromatic N) is 2. The normalized spacial score (nSPS) is 15.0. The highest BCUT2D eigenvalue weighted by Gasteiger charge is 2.27. The van der Waals surface area contributed by atoms with Gasteiger partial charge in [-0.05, 0) is 54.0 Å². The molecule has 0 saturated heterocycles. The number of aliphatic hydroxyl groups excluding tert-OH is 1. The Bertz CT molecular complexity index is 1240. The summed E-state index contributed by atoms with van der Waals surface area (Å²) in [6.07, 6.45) is 1.50. The smallest absolute Gasteiger partial charge is 0.252 e. The van der Waals surface area contributed by atoms with Gasteiger partial charge in [0.25, 0.3) is 5.91 Å². The first-order valence-electron chi connectivity index (χ1n) is 11.5. The second-order valence-corrected chi connectivity index (χ2v) is 8.38. The van der Waals surface area contributed by atoms with Crippen LogP contribution >= 0.6 is 0 Å². The standard InChI is InChI=1S/C28H28FN3O3/c1-18-24(19-10-12-20(29)13-11-19)16-31-27(18)22-8-3-4-9-23(22)28(34)32-25(26(17-33)35-2)15-21-7-5-6-14-30-21/h3-14,25-26,33H,15-17H2,1-2H3,(H,32,34)/t25-,26-/m1/s1. The zero-order valence-corrected chi connectivity index (χ0v) is 19.7. The van der Waals surface area contributed by atoms with Crippen LogP contribution in [0.2, 0.25) is 0 Å². The van der Waals surface area contributed by atoms with Crippen LogP contribution in [0.15, 0.2) is 83.5 Å². The predicted molar refractivity (Wildman–Crippen MR) is 134 cm³/mol. The Labute approximate surface area is 204 Å². The van der Waals surface area contributed by atoms with Gasteiger partial charge in [-0.1, -0.05) is 36.4 Å². The largest absolute Gasteiger partial charge is 0.394 e. The topological polar surface area (TPSA) is 83.8 Å². The molecule has 0 radical (unpaired) electrons. The highest BCUT2D eigenvalue weighted by atomic mass is 19.1. The van der Waals surface area contributed by atoms with Crippen LogP contribution in [0.1, 0.15) is 34.1 Å². The summed E-state index contributed by atoms with van der Waals surface area (Å²) < 4.78 is 18.8. The lowest BCUT2D eigenvalue weighted by Gasteiger charge is -2.26. The molecule has 1 aliphatic rings. The summed E-state index contributed by atoms with van der Waals surface area (Å²) in [5, 5.41) is 12.9. The molecule has 2 atom stereocenters. The zero-order valence-electron chi connectivity index (χ0n) is 19.7. The third kappa shape index (κ3) is 5.53. The molecule has 0 saturated carbocycles. The van der Waals surface area contributed by atoms with E-state index in [9.17, 15) is 14.3 Å². The average Bonchev–Trinajstić information content (AvgIpc) is 3.26. The van der Waals surface area contributed by atoms with Crippen molar-refractivity contribution in [2.24, 2.45) is 4.99 Å². The molecule has 3 aromatic rings. The van der Waals surface area contributed by atoms with Crippen LogP contribution in [-0.2, 0) is 11.2 Å². The molecule has 2 N–H and O–H groups in total. The van der Waals surface area contributed by atoms with E-state index in [1.807, 2.05) is 43.3 Å². The number of aliphatic imine (C=N–C) groups is 1. The van der Waals surface area contributed by atoms with Gasteiger partial charge in [-0.2, -0.15) is 0 Å². The lowest BCUT2D eigenvalue weighted by Crippen LogP contribution is -2.47. The molecule has 0 aliphatic carbocycles. The summed E-state index contributed by atoms with van der Waals surface area (Å²) in [6, 6.07) is 18.8. The molecule has 180 valence electrons. The second kappa shape index (κ2) is 11.2. The molecule has 4 rings (SSSR count). The molecule has 2 heterocycles. The number of nitrogens with one attached hydrogen (secondary N) is 1. The average molecular weight is 474 g/mol. The number of aliphatic hydroxyl groups is 1. The van der Waals surface area contributed by atoms with E-state index in [2.05, 4.69) is 10.3 Å². The number of ether oxygens (including phenoxy) is 1. The van der Waals surface area contributed by atoms with Crippen molar-refractivity contribution in [3.8, 4) is 0 Å². The number of halogens is 1. The number of allylic oxidation sites excluding steroid dienone is 1. The Balaban J connectivity index is 1.61. The van der Waals surface area contributed by atoms with Crippen molar-refractivity contribution in [2.75, 3.05) is 20.3 Å². The van der Waals surface area contributed by atoms with Crippen LogP contribution in [0.3, 0.4) is 0 Å². The zero-order chi connectivity index (χ0) is 24.8. The van der Waals surface area contributed by atoms with E-state index in [4.69, 9.17) is 9.73 Å². The molecule has 0 fully saturated rings. The van der Waals surface area contributed by atoms with E-state index in [-0.39, 0.29) is 18.3 Å². The maximum absolute atomic E-state index is 13.5. The van der Waals surface area contributed by atoms with E-state index in [0.717, 1.165) is 28.1 Å². The first kappa shape index (κ1) is 24.4. The molecule has 35 heavy (non-hydrogen) atoms. The minimum atomic E-state index is -0.594. The van der Waals surface area contributed by atoms with Crippen LogP contribution in [-0.4, -0.2) is 54.1 Å². The molecule has 1 aliphatic heterocycles. The van der Waals surface area contributed by atoms with Gasteiger partial charge < -0.3 is 15.2 Å². The Morgan fingerprint density at radius 1 is 1.11 bits per heavy atom. The van der Waals surface area contributed by atoms with Crippen molar-refractivity contribution in [1.29, 1.82) is 0 Å². The molecule has 0 bridgehead atoms. The van der Waals surface area contributed by atoms with E-state index >= 15 is 0 Å². The van der Waals surface area contributed by atoms with Gasteiger partial charge in [0.1, 0.15) is 11.9 Å². The number of amides is 1. The van der Waals surface area contributed by atoms with Gasteiger partial charge in [0.15, 0.2) is 0 Å². The Kier molecular flexibility index (Phi) is 7.80. The number of rotatable bonds is 9. The number of hydrogen-bond donors (Lipinski definition) is 2. The monoisotopic (exact) mass is 473 g/mol. The number of hydrogen-bond acceptors (Lipinski definition) is 5. The minimum absolute atomic E-state index is 0.245. The highest BCUT2D eigenvalue weighted by Crippen LogP contribution is 2.29. The van der Waals surface area contributed by atoms with Crippen molar-refractivity contribution in [2.45, 2.75) is 25.5 Å². The van der Waals surface area contributed by atoms with Crippen LogP contribution < -0.4 is 5.32 Å². The highest BCUT2D eigenvalue weighted by molar-refractivity contribution is 6.22. The van der Waals surface area contributed by atoms with Gasteiger partial charge in [0, 0.05) is 36.5 Å². The van der Waals surface area contributed by atoms with Crippen LogP contribution in [0.4, 0.5) is 4.39 Å². The molecule has 7 heteroatoms. The maximum Gasteiger partial charge on any atom is 0.252 e. The van der Waals surface area contributed by atoms with E-state index in [0.29, 0.717) is 24.1 Å². The summed E-state index contributed by atoms with van der Waals surface area (Å²) in [5.74, 6) is -0.576. The number of carbonyl (C=O) groups excluding carboxylic acids is 1. The Morgan fingerprint density at radius 3 is 2.54 bits per heavy atom. The summed E-state index contributed by atoms with van der Waals surface area (Å²) in [5.41, 5.74) is 5.58. The number of methoxy groups -OCH3 is 1. The van der Waals surface area contributed by atoms with Crippen molar-refractivity contribution >= 4 is 17.2 Å². The molecule has 2 aromatic carbocycles. The Morgan fingerprint density at radius 2 is 1.86 bits per heavy atom. The third-order valence-corrected chi connectivity index (χ3v) is 6.23. The fourth-order valence-electron chi connectivity index (χ4n) is 4.30.